The highest BCUT2D eigenvalue weighted by atomic mass is 16.5. The van der Waals surface area contributed by atoms with Gasteiger partial charge in [-0.1, -0.05) is 0 Å². The molecule has 0 bridgehead atoms. The molecule has 1 aliphatic carbocycles. The van der Waals surface area contributed by atoms with Crippen molar-refractivity contribution in [1.29, 1.82) is 0 Å². The van der Waals surface area contributed by atoms with Crippen molar-refractivity contribution in [2.75, 3.05) is 6.61 Å². The first-order valence-electron chi connectivity index (χ1n) is 4.87. The molecule has 0 N–H and O–H groups in total. The molecule has 0 unspecified atom stereocenters. The van der Waals surface area contributed by atoms with Crippen molar-refractivity contribution in [2.24, 2.45) is 0 Å². The van der Waals surface area contributed by atoms with Crippen LogP contribution in [0.25, 0.3) is 0 Å². The zero-order valence-electron chi connectivity index (χ0n) is 8.12. The van der Waals surface area contributed by atoms with Gasteiger partial charge in [0.2, 0.25) is 0 Å². The summed E-state index contributed by atoms with van der Waals surface area (Å²) in [5, 5.41) is 0. The molecule has 1 aromatic rings. The summed E-state index contributed by atoms with van der Waals surface area (Å²) in [5.74, 6) is 0.254. The van der Waals surface area contributed by atoms with E-state index >= 15 is 0 Å². The Morgan fingerprint density at radius 2 is 2.43 bits per heavy atom. The molecule has 1 aliphatic rings. The average molecular weight is 190 g/mol. The molecule has 1 radical (unpaired) electrons. The van der Waals surface area contributed by atoms with Crippen molar-refractivity contribution in [3.63, 3.8) is 0 Å². The highest BCUT2D eigenvalue weighted by Crippen LogP contribution is 2.38. The average Bonchev–Trinajstić information content (AvgIpc) is 3.02. The number of carbonyl (C=O) groups excluding carboxylic acids is 1. The van der Waals surface area contributed by atoms with Crippen LogP contribution in [0.2, 0.25) is 0 Å². The van der Waals surface area contributed by atoms with Gasteiger partial charge in [-0.2, -0.15) is 0 Å². The number of carbonyl (C=O) groups is 1. The summed E-state index contributed by atoms with van der Waals surface area (Å²) >= 11 is 0. The van der Waals surface area contributed by atoms with E-state index in [0.29, 0.717) is 18.1 Å². The van der Waals surface area contributed by atoms with E-state index in [1.165, 1.54) is 12.8 Å². The third-order valence-corrected chi connectivity index (χ3v) is 2.22. The minimum Gasteiger partial charge on any atom is -0.462 e. The van der Waals surface area contributed by atoms with Crippen LogP contribution in [0, 0.1) is 6.20 Å². The Kier molecular flexibility index (Phi) is 2.48. The fraction of sp³-hybridized carbons (Fsp3) is 0.455. The van der Waals surface area contributed by atoms with Crippen molar-refractivity contribution >= 4 is 5.97 Å². The molecule has 0 aliphatic heterocycles. The lowest BCUT2D eigenvalue weighted by atomic mass is 10.2. The van der Waals surface area contributed by atoms with Crippen LogP contribution in [-0.4, -0.2) is 17.6 Å². The van der Waals surface area contributed by atoms with Crippen LogP contribution in [0.5, 0.6) is 0 Å². The maximum absolute atomic E-state index is 11.2. The van der Waals surface area contributed by atoms with Crippen LogP contribution in [-0.2, 0) is 4.74 Å². The van der Waals surface area contributed by atoms with Gasteiger partial charge in [0.1, 0.15) is 6.20 Å². The molecular weight excluding hydrogens is 178 g/mol. The summed E-state index contributed by atoms with van der Waals surface area (Å²) < 4.78 is 4.83. The van der Waals surface area contributed by atoms with E-state index in [9.17, 15) is 4.79 Å². The van der Waals surface area contributed by atoms with Gasteiger partial charge in [-0.3, -0.25) is 0 Å². The molecule has 2 rings (SSSR count). The van der Waals surface area contributed by atoms with Crippen molar-refractivity contribution in [1.82, 2.24) is 4.98 Å². The number of ether oxygens (including phenoxy) is 1. The molecule has 0 atom stereocenters. The number of hydrogen-bond acceptors (Lipinski definition) is 3. The number of nitrogens with zero attached hydrogens (tertiary/aromatic N) is 1. The number of hydrogen-bond donors (Lipinski definition) is 0. The zero-order valence-corrected chi connectivity index (χ0v) is 8.12. The lowest BCUT2D eigenvalue weighted by Gasteiger charge is -2.01. The Morgan fingerprint density at radius 3 is 2.93 bits per heavy atom. The van der Waals surface area contributed by atoms with Crippen molar-refractivity contribution in [2.45, 2.75) is 25.7 Å². The lowest BCUT2D eigenvalue weighted by Crippen LogP contribution is -2.05. The van der Waals surface area contributed by atoms with Crippen LogP contribution in [0.4, 0.5) is 0 Å². The van der Waals surface area contributed by atoms with E-state index in [0.717, 1.165) is 5.69 Å². The second-order valence-corrected chi connectivity index (χ2v) is 3.39. The summed E-state index contributed by atoms with van der Waals surface area (Å²) in [4.78, 5) is 15.4. The molecule has 1 aromatic heterocycles. The minimum absolute atomic E-state index is 0.345. The van der Waals surface area contributed by atoms with Gasteiger partial charge < -0.3 is 4.74 Å². The van der Waals surface area contributed by atoms with E-state index in [-0.39, 0.29) is 5.97 Å². The van der Waals surface area contributed by atoms with E-state index in [4.69, 9.17) is 4.74 Å². The Balaban J connectivity index is 2.08. The highest BCUT2D eigenvalue weighted by Gasteiger charge is 2.24. The topological polar surface area (TPSA) is 39.2 Å². The first kappa shape index (κ1) is 9.19. The van der Waals surface area contributed by atoms with Crippen molar-refractivity contribution in [3.8, 4) is 0 Å². The predicted octanol–water partition coefficient (Wildman–Crippen LogP) is 1.94. The summed E-state index contributed by atoms with van der Waals surface area (Å²) in [7, 11) is 0. The normalized spacial score (nSPS) is 15.2. The quantitative estimate of drug-likeness (QED) is 0.684. The third kappa shape index (κ3) is 1.92. The summed E-state index contributed by atoms with van der Waals surface area (Å²) in [5.41, 5.74) is 1.45. The molecule has 1 heterocycles. The van der Waals surface area contributed by atoms with Crippen LogP contribution < -0.4 is 0 Å². The maximum Gasteiger partial charge on any atom is 0.340 e. The molecule has 3 heteroatoms. The zero-order chi connectivity index (χ0) is 9.97. The predicted molar refractivity (Wildman–Crippen MR) is 51.0 cm³/mol. The maximum atomic E-state index is 11.2. The molecule has 0 spiro atoms. The fourth-order valence-corrected chi connectivity index (χ4v) is 1.30. The van der Waals surface area contributed by atoms with Gasteiger partial charge in [0.25, 0.3) is 0 Å². The minimum atomic E-state index is -0.345. The van der Waals surface area contributed by atoms with Crippen molar-refractivity contribution < 1.29 is 9.53 Å². The van der Waals surface area contributed by atoms with Gasteiger partial charge in [0.15, 0.2) is 0 Å². The molecule has 1 fully saturated rings. The molecule has 0 amide bonds. The monoisotopic (exact) mass is 190 g/mol. The van der Waals surface area contributed by atoms with Crippen LogP contribution in [0.1, 0.15) is 41.7 Å². The number of esters is 1. The van der Waals surface area contributed by atoms with E-state index in [2.05, 4.69) is 11.2 Å². The van der Waals surface area contributed by atoms with E-state index in [1.807, 2.05) is 6.07 Å². The summed E-state index contributed by atoms with van der Waals surface area (Å²) in [6, 6.07) is 3.62. The first-order valence-corrected chi connectivity index (χ1v) is 4.87. The molecule has 0 saturated heterocycles. The number of pyridine rings is 1. The number of rotatable bonds is 3. The van der Waals surface area contributed by atoms with Crippen LogP contribution in [0.15, 0.2) is 12.1 Å². The SMILES string of the molecule is CCOC(=O)c1[c]nc(C2CC2)cc1. The van der Waals surface area contributed by atoms with Gasteiger partial charge >= 0.3 is 5.97 Å². The lowest BCUT2D eigenvalue weighted by molar-refractivity contribution is 0.0525. The fourth-order valence-electron chi connectivity index (χ4n) is 1.30. The molecule has 0 aromatic carbocycles. The second-order valence-electron chi connectivity index (χ2n) is 3.39. The highest BCUT2D eigenvalue weighted by molar-refractivity contribution is 5.88. The Morgan fingerprint density at radius 1 is 1.64 bits per heavy atom. The first-order chi connectivity index (χ1) is 6.81. The molecule has 3 nitrogen and oxygen atoms in total. The largest absolute Gasteiger partial charge is 0.462 e. The number of aromatic nitrogens is 1. The third-order valence-electron chi connectivity index (χ3n) is 2.22. The van der Waals surface area contributed by atoms with Crippen molar-refractivity contribution in [3.05, 3.63) is 29.6 Å². The van der Waals surface area contributed by atoms with Gasteiger partial charge in [-0.15, -0.1) is 0 Å². The van der Waals surface area contributed by atoms with Gasteiger partial charge in [0.05, 0.1) is 12.2 Å². The molecule has 1 saturated carbocycles. The van der Waals surface area contributed by atoms with E-state index in [1.54, 1.807) is 13.0 Å². The molecule has 73 valence electrons. The molecular formula is C11H12NO2. The smallest absolute Gasteiger partial charge is 0.340 e. The van der Waals surface area contributed by atoms with Crippen LogP contribution in [0.3, 0.4) is 0 Å². The Hall–Kier alpha value is -1.38. The summed E-state index contributed by atoms with van der Waals surface area (Å²) in [6.07, 6.45) is 5.13. The van der Waals surface area contributed by atoms with Gasteiger partial charge in [0, 0.05) is 11.6 Å². The van der Waals surface area contributed by atoms with E-state index < -0.39 is 0 Å². The standard InChI is InChI=1S/C11H12NO2/c1-2-14-11(13)9-5-6-10(12-7-9)8-3-4-8/h5-6,8H,2-4H2,1H3. The van der Waals surface area contributed by atoms with Crippen LogP contribution >= 0.6 is 0 Å². The van der Waals surface area contributed by atoms with Gasteiger partial charge in [-0.05, 0) is 31.9 Å². The molecule has 14 heavy (non-hydrogen) atoms. The Labute approximate surface area is 83.1 Å². The summed E-state index contributed by atoms with van der Waals surface area (Å²) in [6.45, 7) is 2.17. The van der Waals surface area contributed by atoms with Gasteiger partial charge in [-0.25, -0.2) is 9.78 Å². The second kappa shape index (κ2) is 3.78. The Bertz CT molecular complexity index is 328.